The lowest BCUT2D eigenvalue weighted by atomic mass is 10.2. The van der Waals surface area contributed by atoms with Gasteiger partial charge in [0.05, 0.1) is 16.1 Å². The first-order valence-electron chi connectivity index (χ1n) is 8.54. The number of benzene rings is 1. The van der Waals surface area contributed by atoms with Crippen LogP contribution in [0.15, 0.2) is 80.1 Å². The van der Waals surface area contributed by atoms with E-state index in [2.05, 4.69) is 16.0 Å². The smallest absolute Gasteiger partial charge is 0.282 e. The molecule has 3 heterocycles. The van der Waals surface area contributed by atoms with E-state index in [1.54, 1.807) is 17.5 Å². The number of aromatic nitrogens is 1. The van der Waals surface area contributed by atoms with Gasteiger partial charge in [-0.2, -0.15) is 8.42 Å². The third-order valence-corrected chi connectivity index (χ3v) is 7.81. The number of amides is 1. The number of hydrogen-bond acceptors (Lipinski definition) is 6. The molecule has 0 saturated carbocycles. The van der Waals surface area contributed by atoms with E-state index in [0.717, 1.165) is 34.0 Å². The van der Waals surface area contributed by atoms with Gasteiger partial charge in [0, 0.05) is 11.9 Å². The van der Waals surface area contributed by atoms with Crippen LogP contribution in [-0.2, 0) is 14.8 Å². The molecule has 3 aromatic rings. The summed E-state index contributed by atoms with van der Waals surface area (Å²) in [5.74, 6) is -0.329. The van der Waals surface area contributed by atoms with Crippen LogP contribution in [0.4, 0.5) is 0 Å². The molecule has 1 aromatic carbocycles. The number of amidine groups is 1. The number of hydrogen-bond donors (Lipinski definition) is 0. The number of pyridine rings is 1. The molecule has 0 atom stereocenters. The Bertz CT molecular complexity index is 1260. The Hall–Kier alpha value is -2.75. The molecule has 9 heteroatoms. The Kier molecular flexibility index (Phi) is 5.35. The molecule has 0 aliphatic carbocycles. The first-order chi connectivity index (χ1) is 14.0. The largest absolute Gasteiger partial charge is 0.294 e. The standard InChI is InChI=1S/C20H15N3O3S3/c1-2-11-23-19(24)17(13-15-10-9-14-6-3-4-7-16(14)21-15)28-20(23)22-29(25,26)18-8-5-12-27-18/h2-10,12-13H,1,11H2/b17-13-,22-20+. The summed E-state index contributed by atoms with van der Waals surface area (Å²) in [7, 11) is -3.89. The molecule has 1 amide bonds. The highest BCUT2D eigenvalue weighted by atomic mass is 32.2. The van der Waals surface area contributed by atoms with Crippen LogP contribution in [0.1, 0.15) is 5.69 Å². The average molecular weight is 442 g/mol. The molecule has 29 heavy (non-hydrogen) atoms. The molecule has 0 bridgehead atoms. The summed E-state index contributed by atoms with van der Waals surface area (Å²) < 4.78 is 29.1. The fourth-order valence-corrected chi connectivity index (χ4v) is 5.86. The van der Waals surface area contributed by atoms with Gasteiger partial charge in [0.15, 0.2) is 5.17 Å². The first-order valence-corrected chi connectivity index (χ1v) is 11.7. The van der Waals surface area contributed by atoms with Crippen molar-refractivity contribution < 1.29 is 13.2 Å². The van der Waals surface area contributed by atoms with Crippen molar-refractivity contribution in [3.63, 3.8) is 0 Å². The predicted octanol–water partition coefficient (Wildman–Crippen LogP) is 4.14. The topological polar surface area (TPSA) is 79.7 Å². The van der Waals surface area contributed by atoms with Crippen molar-refractivity contribution in [1.29, 1.82) is 0 Å². The minimum Gasteiger partial charge on any atom is -0.282 e. The molecule has 1 fully saturated rings. The highest BCUT2D eigenvalue weighted by Gasteiger charge is 2.34. The lowest BCUT2D eigenvalue weighted by Gasteiger charge is -2.12. The maximum Gasteiger partial charge on any atom is 0.294 e. The monoisotopic (exact) mass is 441 g/mol. The minimum absolute atomic E-state index is 0.107. The van der Waals surface area contributed by atoms with Crippen molar-refractivity contribution in [1.82, 2.24) is 9.88 Å². The maximum absolute atomic E-state index is 12.8. The van der Waals surface area contributed by atoms with Gasteiger partial charge in [0.25, 0.3) is 15.9 Å². The van der Waals surface area contributed by atoms with Gasteiger partial charge in [-0.15, -0.1) is 22.3 Å². The number of thioether (sulfide) groups is 1. The number of sulfonamides is 1. The average Bonchev–Trinajstić information content (AvgIpc) is 3.34. The number of carbonyl (C=O) groups is 1. The van der Waals surface area contributed by atoms with Crippen LogP contribution < -0.4 is 0 Å². The first kappa shape index (κ1) is 19.6. The molecule has 2 aromatic heterocycles. The van der Waals surface area contributed by atoms with E-state index in [1.807, 2.05) is 36.4 Å². The molecule has 0 spiro atoms. The SMILES string of the molecule is C=CCN1C(=O)/C(=C/c2ccc3ccccc3n2)S/C1=N/S(=O)(=O)c1cccs1. The number of nitrogens with zero attached hydrogens (tertiary/aromatic N) is 3. The molecule has 0 radical (unpaired) electrons. The fourth-order valence-electron chi connectivity index (χ4n) is 2.72. The summed E-state index contributed by atoms with van der Waals surface area (Å²) in [4.78, 5) is 19.0. The normalized spacial score (nSPS) is 17.5. The van der Waals surface area contributed by atoms with Crippen molar-refractivity contribution in [3.8, 4) is 0 Å². The number of carbonyl (C=O) groups excluding carboxylic acids is 1. The van der Waals surface area contributed by atoms with Crippen molar-refractivity contribution in [2.45, 2.75) is 4.21 Å². The Morgan fingerprint density at radius 2 is 1.97 bits per heavy atom. The van der Waals surface area contributed by atoms with Gasteiger partial charge < -0.3 is 0 Å². The van der Waals surface area contributed by atoms with Crippen molar-refractivity contribution in [3.05, 3.63) is 77.2 Å². The third kappa shape index (κ3) is 4.02. The molecule has 0 unspecified atom stereocenters. The van der Waals surface area contributed by atoms with E-state index in [9.17, 15) is 13.2 Å². The second kappa shape index (κ2) is 7.94. The highest BCUT2D eigenvalue weighted by molar-refractivity contribution is 8.19. The molecule has 6 nitrogen and oxygen atoms in total. The summed E-state index contributed by atoms with van der Waals surface area (Å²) in [6, 6.07) is 14.6. The molecular formula is C20H15N3O3S3. The zero-order valence-electron chi connectivity index (χ0n) is 15.1. The van der Waals surface area contributed by atoms with Crippen LogP contribution in [0.25, 0.3) is 17.0 Å². The van der Waals surface area contributed by atoms with E-state index in [-0.39, 0.29) is 21.8 Å². The summed E-state index contributed by atoms with van der Waals surface area (Å²) >= 11 is 2.10. The number of para-hydroxylation sites is 1. The second-order valence-corrected chi connectivity index (χ2v) is 9.81. The molecule has 146 valence electrons. The summed E-state index contributed by atoms with van der Waals surface area (Å²) in [6.07, 6.45) is 3.18. The molecule has 4 rings (SSSR count). The lowest BCUT2D eigenvalue weighted by Crippen LogP contribution is -2.29. The number of rotatable bonds is 5. The fraction of sp³-hybridized carbons (Fsp3) is 0.0500. The van der Waals surface area contributed by atoms with Crippen molar-refractivity contribution >= 4 is 61.2 Å². The van der Waals surface area contributed by atoms with Crippen LogP contribution >= 0.6 is 23.1 Å². The van der Waals surface area contributed by atoms with Gasteiger partial charge in [0.1, 0.15) is 4.21 Å². The molecule has 0 N–H and O–H groups in total. The van der Waals surface area contributed by atoms with Gasteiger partial charge in [-0.25, -0.2) is 4.98 Å². The summed E-state index contributed by atoms with van der Waals surface area (Å²) in [6.45, 7) is 3.81. The van der Waals surface area contributed by atoms with Crippen LogP contribution in [-0.4, -0.2) is 35.9 Å². The summed E-state index contributed by atoms with van der Waals surface area (Å²) in [5.41, 5.74) is 1.43. The van der Waals surface area contributed by atoms with E-state index < -0.39 is 10.0 Å². The Morgan fingerprint density at radius 3 is 2.72 bits per heavy atom. The van der Waals surface area contributed by atoms with Crippen LogP contribution in [0, 0.1) is 0 Å². The second-order valence-electron chi connectivity index (χ2n) is 6.02. The Balaban J connectivity index is 1.72. The van der Waals surface area contributed by atoms with Crippen molar-refractivity contribution in [2.24, 2.45) is 4.40 Å². The number of thiophene rings is 1. The van der Waals surface area contributed by atoms with E-state index in [4.69, 9.17) is 0 Å². The van der Waals surface area contributed by atoms with Crippen LogP contribution in [0.3, 0.4) is 0 Å². The lowest BCUT2D eigenvalue weighted by molar-refractivity contribution is -0.121. The Labute approximate surface area is 176 Å². The zero-order valence-corrected chi connectivity index (χ0v) is 17.5. The van der Waals surface area contributed by atoms with E-state index in [0.29, 0.717) is 10.6 Å². The van der Waals surface area contributed by atoms with Crippen molar-refractivity contribution in [2.75, 3.05) is 6.54 Å². The summed E-state index contributed by atoms with van der Waals surface area (Å²) in [5, 5.41) is 2.77. The molecule has 1 aliphatic rings. The maximum atomic E-state index is 12.8. The minimum atomic E-state index is -3.89. The van der Waals surface area contributed by atoms with Gasteiger partial charge >= 0.3 is 0 Å². The third-order valence-electron chi connectivity index (χ3n) is 4.05. The number of fused-ring (bicyclic) bond motifs is 1. The van der Waals surface area contributed by atoms with Gasteiger partial charge in [-0.3, -0.25) is 9.69 Å². The predicted molar refractivity (Wildman–Crippen MR) is 118 cm³/mol. The van der Waals surface area contributed by atoms with Gasteiger partial charge in [-0.1, -0.05) is 36.4 Å². The van der Waals surface area contributed by atoms with E-state index in [1.165, 1.54) is 17.0 Å². The zero-order chi connectivity index (χ0) is 20.4. The van der Waals surface area contributed by atoms with Crippen LogP contribution in [0.2, 0.25) is 0 Å². The van der Waals surface area contributed by atoms with E-state index >= 15 is 0 Å². The Morgan fingerprint density at radius 1 is 1.14 bits per heavy atom. The highest BCUT2D eigenvalue weighted by Crippen LogP contribution is 2.34. The van der Waals surface area contributed by atoms with Crippen LogP contribution in [0.5, 0.6) is 0 Å². The quantitative estimate of drug-likeness (QED) is 0.439. The van der Waals surface area contributed by atoms with Gasteiger partial charge in [0.2, 0.25) is 0 Å². The molecule has 1 aliphatic heterocycles. The van der Waals surface area contributed by atoms with Gasteiger partial charge in [-0.05, 0) is 41.4 Å². The molecule has 1 saturated heterocycles. The molecular weight excluding hydrogens is 426 g/mol.